The van der Waals surface area contributed by atoms with Gasteiger partial charge in [-0.3, -0.25) is 24.9 Å². The standard InChI is InChI=1S/C32H34Cl2N10/c1-32(2,3)43-9-6-25(7-10-43)44-19-28(41-42-44)30(20-5-4-8-36-15-20)39-23-12-26-29(40-24-11-22(33)17-37-18-24)21(14-35)16-38-31(26)27(34)13-23/h4-5,8,11-13,15-19,25,30,39,41-42H,6-7,9-10H2,1-3H3,(H,38,40)/t30-/m0/s1. The lowest BCUT2D eigenvalue weighted by Gasteiger charge is -2.42. The number of nitriles is 1. The number of fused-ring (bicyclic) bond motifs is 1. The Bertz CT molecular complexity index is 1720. The van der Waals surface area contributed by atoms with Gasteiger partial charge in [0.05, 0.1) is 50.4 Å². The van der Waals surface area contributed by atoms with Crippen LogP contribution in [-0.2, 0) is 0 Å². The maximum atomic E-state index is 9.92. The molecule has 2 aliphatic rings. The molecule has 3 aromatic heterocycles. The van der Waals surface area contributed by atoms with Gasteiger partial charge in [-0.25, -0.2) is 0 Å². The number of aromatic nitrogens is 3. The van der Waals surface area contributed by atoms with Gasteiger partial charge in [-0.05, 0) is 63.4 Å². The molecule has 0 saturated carbocycles. The summed E-state index contributed by atoms with van der Waals surface area (Å²) in [7, 11) is 0. The number of nitrogens with zero attached hydrogens (tertiary/aromatic N) is 6. The number of nitrogens with one attached hydrogen (secondary N) is 4. The van der Waals surface area contributed by atoms with Gasteiger partial charge in [0.25, 0.3) is 0 Å². The van der Waals surface area contributed by atoms with E-state index in [1.165, 1.54) is 6.20 Å². The van der Waals surface area contributed by atoms with Crippen molar-refractivity contribution in [2.24, 2.45) is 0 Å². The number of pyridine rings is 3. The Balaban J connectivity index is 1.32. The van der Waals surface area contributed by atoms with Gasteiger partial charge in [0.1, 0.15) is 6.07 Å². The van der Waals surface area contributed by atoms with E-state index in [1.54, 1.807) is 24.7 Å². The number of halogens is 2. The fraction of sp³-hybridized carbons (Fsp3) is 0.312. The number of likely N-dealkylation sites (tertiary alicyclic amines) is 1. The van der Waals surface area contributed by atoms with Gasteiger partial charge < -0.3 is 16.1 Å². The van der Waals surface area contributed by atoms with Crippen LogP contribution in [0.3, 0.4) is 0 Å². The monoisotopic (exact) mass is 628 g/mol. The third-order valence-corrected chi connectivity index (χ3v) is 8.57. The maximum absolute atomic E-state index is 9.92. The van der Waals surface area contributed by atoms with Crippen LogP contribution in [0.1, 0.15) is 50.8 Å². The molecule has 1 aromatic carbocycles. The molecule has 12 heteroatoms. The van der Waals surface area contributed by atoms with Gasteiger partial charge >= 0.3 is 0 Å². The van der Waals surface area contributed by atoms with Crippen molar-refractivity contribution in [3.63, 3.8) is 0 Å². The van der Waals surface area contributed by atoms with Gasteiger partial charge in [-0.2, -0.15) is 5.26 Å². The van der Waals surface area contributed by atoms with Crippen molar-refractivity contribution in [3.05, 3.63) is 94.4 Å². The lowest BCUT2D eigenvalue weighted by atomic mass is 9.98. The summed E-state index contributed by atoms with van der Waals surface area (Å²) in [5.41, 5.74) is 11.8. The number of piperidine rings is 1. The minimum Gasteiger partial charge on any atom is -0.373 e. The van der Waals surface area contributed by atoms with E-state index in [0.717, 1.165) is 42.9 Å². The summed E-state index contributed by atoms with van der Waals surface area (Å²) >= 11 is 13.0. The third kappa shape index (κ3) is 6.37. The van der Waals surface area contributed by atoms with Crippen LogP contribution in [0, 0.1) is 11.3 Å². The Morgan fingerprint density at radius 1 is 1.05 bits per heavy atom. The van der Waals surface area contributed by atoms with Crippen molar-refractivity contribution >= 4 is 51.2 Å². The zero-order valence-corrected chi connectivity index (χ0v) is 26.3. The maximum Gasteiger partial charge on any atom is 0.103 e. The van der Waals surface area contributed by atoms with Crippen molar-refractivity contribution < 1.29 is 0 Å². The summed E-state index contributed by atoms with van der Waals surface area (Å²) < 4.78 is 0. The Morgan fingerprint density at radius 2 is 1.86 bits per heavy atom. The van der Waals surface area contributed by atoms with Crippen LogP contribution >= 0.6 is 23.2 Å². The highest BCUT2D eigenvalue weighted by Crippen LogP contribution is 2.37. The summed E-state index contributed by atoms with van der Waals surface area (Å²) in [6, 6.07) is 11.8. The van der Waals surface area contributed by atoms with Crippen LogP contribution < -0.4 is 21.6 Å². The van der Waals surface area contributed by atoms with Crippen LogP contribution in [0.4, 0.5) is 17.1 Å². The van der Waals surface area contributed by atoms with E-state index in [9.17, 15) is 5.26 Å². The Hall–Kier alpha value is -4.14. The van der Waals surface area contributed by atoms with Gasteiger partial charge in [0.2, 0.25) is 0 Å². The predicted octanol–water partition coefficient (Wildman–Crippen LogP) is 6.53. The second-order valence-corrected chi connectivity index (χ2v) is 12.9. The van der Waals surface area contributed by atoms with Crippen LogP contribution in [0.5, 0.6) is 0 Å². The smallest absolute Gasteiger partial charge is 0.103 e. The number of hydrazine groups is 2. The van der Waals surface area contributed by atoms with Gasteiger partial charge in [0.15, 0.2) is 0 Å². The molecule has 5 heterocycles. The molecule has 4 N–H and O–H groups in total. The van der Waals surface area contributed by atoms with Crippen molar-refractivity contribution in [3.8, 4) is 6.07 Å². The van der Waals surface area contributed by atoms with E-state index in [0.29, 0.717) is 43.9 Å². The molecule has 226 valence electrons. The van der Waals surface area contributed by atoms with Gasteiger partial charge in [-0.15, -0.1) is 5.53 Å². The molecule has 6 rings (SSSR count). The summed E-state index contributed by atoms with van der Waals surface area (Å²) in [5, 5.41) is 20.7. The van der Waals surface area contributed by atoms with Gasteiger partial charge in [-0.1, -0.05) is 29.3 Å². The summed E-state index contributed by atoms with van der Waals surface area (Å²) in [6.45, 7) is 8.92. The molecule has 44 heavy (non-hydrogen) atoms. The first kappa shape index (κ1) is 29.9. The Morgan fingerprint density at radius 3 is 2.57 bits per heavy atom. The molecule has 1 fully saturated rings. The van der Waals surface area contributed by atoms with E-state index in [1.807, 2.05) is 30.5 Å². The van der Waals surface area contributed by atoms with Crippen LogP contribution in [0.25, 0.3) is 10.9 Å². The fourth-order valence-electron chi connectivity index (χ4n) is 5.74. The molecule has 1 saturated heterocycles. The quantitative estimate of drug-likeness (QED) is 0.180. The van der Waals surface area contributed by atoms with Gasteiger partial charge in [0, 0.05) is 66.7 Å². The number of hydrogen-bond donors (Lipinski definition) is 4. The molecule has 0 unspecified atom stereocenters. The molecule has 0 spiro atoms. The van der Waals surface area contributed by atoms with Crippen LogP contribution in [-0.4, -0.2) is 49.5 Å². The SMILES string of the molecule is CC(C)(C)N1CCC(N2C=C([C@@H](Nc3cc(Cl)c4ncc(C#N)c(Nc5cncc(Cl)c5)c4c3)c3cccnc3)NN2)CC1. The number of anilines is 3. The third-order valence-electron chi connectivity index (χ3n) is 8.07. The zero-order valence-electron chi connectivity index (χ0n) is 24.8. The van der Waals surface area contributed by atoms with Crippen molar-refractivity contribution in [2.75, 3.05) is 23.7 Å². The van der Waals surface area contributed by atoms with E-state index in [2.05, 4.69) is 79.5 Å². The topological polar surface area (TPSA) is 117 Å². The minimum atomic E-state index is -0.273. The van der Waals surface area contributed by atoms with E-state index in [4.69, 9.17) is 23.2 Å². The molecule has 2 aliphatic heterocycles. The summed E-state index contributed by atoms with van der Waals surface area (Å²) in [6.07, 6.45) is 12.6. The first-order chi connectivity index (χ1) is 21.2. The molecular weight excluding hydrogens is 595 g/mol. The molecule has 0 aliphatic carbocycles. The van der Waals surface area contributed by atoms with E-state index >= 15 is 0 Å². The highest BCUT2D eigenvalue weighted by molar-refractivity contribution is 6.36. The normalized spacial score (nSPS) is 16.7. The molecule has 0 amide bonds. The zero-order chi connectivity index (χ0) is 30.8. The van der Waals surface area contributed by atoms with Crippen LogP contribution in [0.2, 0.25) is 10.0 Å². The first-order valence-corrected chi connectivity index (χ1v) is 15.3. The lowest BCUT2D eigenvalue weighted by Crippen LogP contribution is -2.52. The molecular formula is C32H34Cl2N10. The molecule has 1 atom stereocenters. The Labute approximate surface area is 267 Å². The summed E-state index contributed by atoms with van der Waals surface area (Å²) in [5.74, 6) is 0. The minimum absolute atomic E-state index is 0.170. The number of hydrogen-bond acceptors (Lipinski definition) is 10. The average Bonchev–Trinajstić information content (AvgIpc) is 3.50. The average molecular weight is 630 g/mol. The summed E-state index contributed by atoms with van der Waals surface area (Å²) in [4.78, 5) is 15.6. The first-order valence-electron chi connectivity index (χ1n) is 14.5. The van der Waals surface area contributed by atoms with E-state index < -0.39 is 0 Å². The number of rotatable bonds is 7. The highest BCUT2D eigenvalue weighted by atomic mass is 35.5. The lowest BCUT2D eigenvalue weighted by molar-refractivity contribution is 0.0570. The highest BCUT2D eigenvalue weighted by Gasteiger charge is 2.32. The number of benzene rings is 1. The molecule has 0 radical (unpaired) electrons. The second-order valence-electron chi connectivity index (χ2n) is 12.0. The van der Waals surface area contributed by atoms with Crippen molar-refractivity contribution in [1.82, 2.24) is 35.8 Å². The molecule has 0 bridgehead atoms. The fourth-order valence-corrected chi connectivity index (χ4v) is 6.18. The molecule has 4 aromatic rings. The van der Waals surface area contributed by atoms with E-state index in [-0.39, 0.29) is 11.6 Å². The molecule has 10 nitrogen and oxygen atoms in total. The second kappa shape index (κ2) is 12.5. The van der Waals surface area contributed by atoms with Crippen molar-refractivity contribution in [2.45, 2.75) is 51.2 Å². The Kier molecular flexibility index (Phi) is 8.47. The predicted molar refractivity (Wildman–Crippen MR) is 175 cm³/mol. The van der Waals surface area contributed by atoms with Crippen molar-refractivity contribution in [1.29, 1.82) is 5.26 Å². The van der Waals surface area contributed by atoms with Crippen LogP contribution in [0.15, 0.2) is 73.2 Å². The largest absolute Gasteiger partial charge is 0.373 e.